The summed E-state index contributed by atoms with van der Waals surface area (Å²) in [5.74, 6) is -4.76. The van der Waals surface area contributed by atoms with E-state index in [2.05, 4.69) is 0 Å². The highest BCUT2D eigenvalue weighted by Crippen LogP contribution is 2.40. The van der Waals surface area contributed by atoms with Gasteiger partial charge >= 0.3 is 17.9 Å². The molecule has 0 bridgehead atoms. The van der Waals surface area contributed by atoms with Gasteiger partial charge in [-0.3, -0.25) is 0 Å². The van der Waals surface area contributed by atoms with Gasteiger partial charge in [0.1, 0.15) is 33.9 Å². The van der Waals surface area contributed by atoms with E-state index in [0.29, 0.717) is 32.3 Å². The first-order valence-corrected chi connectivity index (χ1v) is 12.9. The number of carboxylic acid groups (broad SMARTS) is 2. The van der Waals surface area contributed by atoms with Crippen molar-refractivity contribution < 1.29 is 39.5 Å². The van der Waals surface area contributed by atoms with Gasteiger partial charge in [-0.2, -0.15) is 0 Å². The molecule has 0 aliphatic rings. The number of hydrogen-bond acceptors (Lipinski definition) is 6. The van der Waals surface area contributed by atoms with Crippen molar-refractivity contribution in [2.45, 2.75) is 6.42 Å². The molecule has 6 aromatic carbocycles. The van der Waals surface area contributed by atoms with Crippen LogP contribution in [0.5, 0.6) is 17.2 Å². The molecule has 42 heavy (non-hydrogen) atoms. The number of carbonyl (C=O) groups is 3. The molecule has 0 fully saturated rings. The number of phenolic OH excluding ortho intramolecular Hbond substituents is 1. The molecule has 0 radical (unpaired) electrons. The summed E-state index contributed by atoms with van der Waals surface area (Å²) in [5, 5.41) is 45.3. The highest BCUT2D eigenvalue weighted by Gasteiger charge is 2.26. The Balaban J connectivity index is 1.58. The normalized spacial score (nSPS) is 11.1. The van der Waals surface area contributed by atoms with E-state index in [1.807, 2.05) is 0 Å². The minimum atomic E-state index is -1.36. The number of rotatable bonds is 6. The molecule has 8 heteroatoms. The molecular formula is C34H22O8. The molecule has 8 nitrogen and oxygen atoms in total. The molecule has 0 saturated heterocycles. The molecule has 0 amide bonds. The Labute approximate surface area is 238 Å². The van der Waals surface area contributed by atoms with E-state index in [4.69, 9.17) is 4.74 Å². The highest BCUT2D eigenvalue weighted by molar-refractivity contribution is 6.05. The number of benzene rings is 6. The Morgan fingerprint density at radius 3 is 1.64 bits per heavy atom. The molecule has 0 aromatic heterocycles. The number of aromatic hydroxyl groups is 2. The van der Waals surface area contributed by atoms with Crippen molar-refractivity contribution in [2.75, 3.05) is 0 Å². The molecule has 0 heterocycles. The van der Waals surface area contributed by atoms with Gasteiger partial charge in [-0.15, -0.1) is 0 Å². The van der Waals surface area contributed by atoms with Crippen molar-refractivity contribution in [3.63, 3.8) is 0 Å². The van der Waals surface area contributed by atoms with Crippen LogP contribution in [0.4, 0.5) is 0 Å². The van der Waals surface area contributed by atoms with Crippen molar-refractivity contribution >= 4 is 50.2 Å². The van der Waals surface area contributed by atoms with Crippen LogP contribution in [0, 0.1) is 0 Å². The van der Waals surface area contributed by atoms with Gasteiger partial charge in [0, 0.05) is 17.5 Å². The maximum absolute atomic E-state index is 13.5. The first kappa shape index (κ1) is 26.3. The largest absolute Gasteiger partial charge is 0.507 e. The number of hydrogen-bond donors (Lipinski definition) is 4. The van der Waals surface area contributed by atoms with Crippen molar-refractivity contribution in [3.8, 4) is 17.2 Å². The summed E-state index contributed by atoms with van der Waals surface area (Å²) in [4.78, 5) is 38.0. The Morgan fingerprint density at radius 1 is 0.571 bits per heavy atom. The fraction of sp³-hybridized carbons (Fsp3) is 0.0294. The second-order valence-electron chi connectivity index (χ2n) is 9.82. The Kier molecular flexibility index (Phi) is 6.43. The van der Waals surface area contributed by atoms with Crippen LogP contribution in [0.1, 0.15) is 42.2 Å². The molecule has 206 valence electrons. The van der Waals surface area contributed by atoms with Crippen LogP contribution in [-0.4, -0.2) is 38.3 Å². The predicted octanol–water partition coefficient (Wildman–Crippen LogP) is 6.76. The first-order chi connectivity index (χ1) is 20.2. The fourth-order valence-electron chi connectivity index (χ4n) is 5.32. The summed E-state index contributed by atoms with van der Waals surface area (Å²) < 4.78 is 5.79. The Bertz CT molecular complexity index is 2090. The third-order valence-electron chi connectivity index (χ3n) is 7.32. The molecule has 0 unspecified atom stereocenters. The highest BCUT2D eigenvalue weighted by atomic mass is 16.5. The Morgan fingerprint density at radius 2 is 1.05 bits per heavy atom. The lowest BCUT2D eigenvalue weighted by Crippen LogP contribution is -2.14. The van der Waals surface area contributed by atoms with E-state index in [0.717, 1.165) is 0 Å². The quantitative estimate of drug-likeness (QED) is 0.130. The van der Waals surface area contributed by atoms with Crippen molar-refractivity contribution in [1.29, 1.82) is 0 Å². The summed E-state index contributed by atoms with van der Waals surface area (Å²) in [6.07, 6.45) is -0.165. The number of carbonyl (C=O) groups excluding carboxylic acids is 1. The maximum atomic E-state index is 13.5. The molecule has 6 rings (SSSR count). The van der Waals surface area contributed by atoms with Gasteiger partial charge in [0.05, 0.1) is 0 Å². The summed E-state index contributed by atoms with van der Waals surface area (Å²) in [7, 11) is 0. The lowest BCUT2D eigenvalue weighted by molar-refractivity contribution is 0.0671. The van der Waals surface area contributed by atoms with Crippen molar-refractivity contribution in [2.24, 2.45) is 0 Å². The number of fused-ring (bicyclic) bond motifs is 3. The van der Waals surface area contributed by atoms with Gasteiger partial charge in [-0.1, -0.05) is 72.8 Å². The SMILES string of the molecule is O=C(Oc1c(C(=O)O)cc2ccccc2c1Cc1c(O)c(C(=O)O)cc2ccccc12)c1cc2ccccc2cc1O. The molecule has 0 atom stereocenters. The van der Waals surface area contributed by atoms with Crippen LogP contribution in [0.3, 0.4) is 0 Å². The van der Waals surface area contributed by atoms with Crippen LogP contribution in [0.2, 0.25) is 0 Å². The van der Waals surface area contributed by atoms with Gasteiger partial charge in [-0.05, 0) is 56.6 Å². The van der Waals surface area contributed by atoms with Crippen LogP contribution in [0.25, 0.3) is 32.3 Å². The minimum Gasteiger partial charge on any atom is -0.507 e. The van der Waals surface area contributed by atoms with Gasteiger partial charge in [0.15, 0.2) is 0 Å². The van der Waals surface area contributed by atoms with E-state index in [-0.39, 0.29) is 45.7 Å². The lowest BCUT2D eigenvalue weighted by atomic mass is 9.90. The molecule has 0 spiro atoms. The maximum Gasteiger partial charge on any atom is 0.347 e. The molecule has 0 aliphatic heterocycles. The van der Waals surface area contributed by atoms with Crippen molar-refractivity contribution in [1.82, 2.24) is 0 Å². The average Bonchev–Trinajstić information content (AvgIpc) is 2.98. The van der Waals surface area contributed by atoms with Gasteiger partial charge in [0.25, 0.3) is 0 Å². The standard InChI is InChI=1S/C34H22O8/c35-29-16-19-8-2-1-7-18(19)13-26(29)34(41)42-31-25(23-12-6-4-10-21(23)15-28(31)33(39)40)17-24-22-11-5-3-9-20(22)14-27(30(24)36)32(37)38/h1-16,35-36H,17H2,(H,37,38)(H,39,40). The summed E-state index contributed by atoms with van der Waals surface area (Å²) >= 11 is 0. The number of aromatic carboxylic acids is 2. The number of ether oxygens (including phenoxy) is 1. The van der Waals surface area contributed by atoms with E-state index in [1.54, 1.807) is 72.8 Å². The minimum absolute atomic E-state index is 0.162. The zero-order valence-corrected chi connectivity index (χ0v) is 21.9. The molecule has 0 saturated carbocycles. The third kappa shape index (κ3) is 4.50. The molecular weight excluding hydrogens is 536 g/mol. The predicted molar refractivity (Wildman–Crippen MR) is 157 cm³/mol. The van der Waals surface area contributed by atoms with Gasteiger partial charge < -0.3 is 25.2 Å². The topological polar surface area (TPSA) is 141 Å². The smallest absolute Gasteiger partial charge is 0.347 e. The van der Waals surface area contributed by atoms with Gasteiger partial charge in [-0.25, -0.2) is 14.4 Å². The fourth-order valence-corrected chi connectivity index (χ4v) is 5.32. The van der Waals surface area contributed by atoms with Gasteiger partial charge in [0.2, 0.25) is 0 Å². The first-order valence-electron chi connectivity index (χ1n) is 12.9. The third-order valence-corrected chi connectivity index (χ3v) is 7.32. The van der Waals surface area contributed by atoms with Crippen LogP contribution in [-0.2, 0) is 6.42 Å². The second-order valence-corrected chi connectivity index (χ2v) is 9.82. The Hall–Kier alpha value is -5.89. The van der Waals surface area contributed by atoms with E-state index >= 15 is 0 Å². The van der Waals surface area contributed by atoms with Crippen LogP contribution < -0.4 is 4.74 Å². The van der Waals surface area contributed by atoms with E-state index in [9.17, 15) is 34.8 Å². The number of carboxylic acids is 2. The van der Waals surface area contributed by atoms with Crippen molar-refractivity contribution in [3.05, 3.63) is 125 Å². The monoisotopic (exact) mass is 558 g/mol. The summed E-state index contributed by atoms with van der Waals surface area (Å²) in [5.41, 5.74) is -0.311. The average molecular weight is 559 g/mol. The van der Waals surface area contributed by atoms with E-state index in [1.165, 1.54) is 24.3 Å². The van der Waals surface area contributed by atoms with Crippen LogP contribution >= 0.6 is 0 Å². The van der Waals surface area contributed by atoms with Crippen LogP contribution in [0.15, 0.2) is 97.1 Å². The zero-order chi connectivity index (χ0) is 29.5. The molecule has 0 aliphatic carbocycles. The molecule has 6 aromatic rings. The number of esters is 1. The summed E-state index contributed by atoms with van der Waals surface area (Å²) in [6.45, 7) is 0. The lowest BCUT2D eigenvalue weighted by Gasteiger charge is -2.19. The number of phenols is 2. The van der Waals surface area contributed by atoms with E-state index < -0.39 is 23.7 Å². The second kappa shape index (κ2) is 10.3. The molecule has 4 N–H and O–H groups in total. The zero-order valence-electron chi connectivity index (χ0n) is 21.9. The summed E-state index contributed by atoms with van der Waals surface area (Å²) in [6, 6.07) is 26.5.